The molecule has 0 aromatic heterocycles. The highest BCUT2D eigenvalue weighted by atomic mass is 28.2. The molecule has 0 rings (SSSR count). The van der Waals surface area contributed by atoms with E-state index in [1.165, 1.54) is 12.5 Å². The zero-order valence-electron chi connectivity index (χ0n) is 11.3. The third-order valence-corrected chi connectivity index (χ3v) is 4.79. The SMILES string of the molecule is CCC[SiH2]C(C)(COC(C)C)OC(C)C. The minimum absolute atomic E-state index is 0.0223. The van der Waals surface area contributed by atoms with Gasteiger partial charge in [-0.15, -0.1) is 0 Å². The Morgan fingerprint density at radius 2 is 1.73 bits per heavy atom. The molecule has 0 bridgehead atoms. The summed E-state index contributed by atoms with van der Waals surface area (Å²) in [6.07, 6.45) is 1.87. The third-order valence-electron chi connectivity index (χ3n) is 2.30. The van der Waals surface area contributed by atoms with Crippen molar-refractivity contribution in [3.05, 3.63) is 0 Å². The van der Waals surface area contributed by atoms with E-state index < -0.39 is 0 Å². The van der Waals surface area contributed by atoms with Crippen molar-refractivity contribution in [2.24, 2.45) is 0 Å². The van der Waals surface area contributed by atoms with Gasteiger partial charge in [0.25, 0.3) is 0 Å². The van der Waals surface area contributed by atoms with Crippen LogP contribution >= 0.6 is 0 Å². The van der Waals surface area contributed by atoms with Crippen molar-refractivity contribution in [1.29, 1.82) is 0 Å². The van der Waals surface area contributed by atoms with Crippen molar-refractivity contribution in [3.63, 3.8) is 0 Å². The summed E-state index contributed by atoms with van der Waals surface area (Å²) in [5.74, 6) is 0. The fraction of sp³-hybridized carbons (Fsp3) is 1.00. The van der Waals surface area contributed by atoms with E-state index in [0.29, 0.717) is 12.2 Å². The first-order chi connectivity index (χ1) is 6.89. The molecule has 1 unspecified atom stereocenters. The fourth-order valence-corrected chi connectivity index (χ4v) is 3.44. The second-order valence-corrected chi connectivity index (χ2v) is 7.78. The van der Waals surface area contributed by atoms with E-state index in [1.807, 2.05) is 0 Å². The van der Waals surface area contributed by atoms with Gasteiger partial charge in [-0.25, -0.2) is 0 Å². The third kappa shape index (κ3) is 8.00. The highest BCUT2D eigenvalue weighted by Crippen LogP contribution is 2.15. The van der Waals surface area contributed by atoms with Gasteiger partial charge in [0, 0.05) is 0 Å². The molecule has 2 nitrogen and oxygen atoms in total. The molecule has 0 saturated carbocycles. The summed E-state index contributed by atoms with van der Waals surface area (Å²) in [7, 11) is -0.204. The highest BCUT2D eigenvalue weighted by Gasteiger charge is 2.26. The Morgan fingerprint density at radius 3 is 2.13 bits per heavy atom. The first kappa shape index (κ1) is 15.1. The number of hydrogen-bond acceptors (Lipinski definition) is 2. The zero-order valence-corrected chi connectivity index (χ0v) is 12.7. The predicted octanol–water partition coefficient (Wildman–Crippen LogP) is 2.55. The summed E-state index contributed by atoms with van der Waals surface area (Å²) >= 11 is 0. The van der Waals surface area contributed by atoms with Crippen LogP contribution in [0.2, 0.25) is 6.04 Å². The molecule has 0 spiro atoms. The van der Waals surface area contributed by atoms with Crippen molar-refractivity contribution in [3.8, 4) is 0 Å². The molecule has 1 atom stereocenters. The maximum Gasteiger partial charge on any atom is 0.0723 e. The Morgan fingerprint density at radius 1 is 1.13 bits per heavy atom. The van der Waals surface area contributed by atoms with Gasteiger partial charge in [-0.1, -0.05) is 19.4 Å². The molecule has 0 aliphatic rings. The van der Waals surface area contributed by atoms with Crippen LogP contribution in [0.5, 0.6) is 0 Å². The average molecular weight is 232 g/mol. The smallest absolute Gasteiger partial charge is 0.0723 e. The van der Waals surface area contributed by atoms with Gasteiger partial charge in [0.1, 0.15) is 0 Å². The Hall–Kier alpha value is 0.137. The molecule has 3 heteroatoms. The average Bonchev–Trinajstić information content (AvgIpc) is 2.11. The number of ether oxygens (including phenoxy) is 2. The zero-order chi connectivity index (χ0) is 11.9. The summed E-state index contributed by atoms with van der Waals surface area (Å²) in [6.45, 7) is 13.6. The van der Waals surface area contributed by atoms with Gasteiger partial charge < -0.3 is 9.47 Å². The Balaban J connectivity index is 4.13. The lowest BCUT2D eigenvalue weighted by atomic mass is 10.3. The lowest BCUT2D eigenvalue weighted by Gasteiger charge is -2.32. The van der Waals surface area contributed by atoms with Crippen LogP contribution in [0, 0.1) is 0 Å². The van der Waals surface area contributed by atoms with E-state index >= 15 is 0 Å². The molecule has 0 N–H and O–H groups in total. The van der Waals surface area contributed by atoms with E-state index in [0.717, 1.165) is 6.61 Å². The molecule has 0 saturated heterocycles. The standard InChI is InChI=1S/C12H28O2Si/c1-7-8-15-12(6,14-11(4)5)9-13-10(2)3/h10-11H,7-9,15H2,1-6H3. The molecule has 0 aromatic carbocycles. The molecule has 92 valence electrons. The minimum Gasteiger partial charge on any atom is -0.376 e. The van der Waals surface area contributed by atoms with Gasteiger partial charge in [-0.05, 0) is 34.6 Å². The Labute approximate surface area is 97.6 Å². The normalized spacial score (nSPS) is 16.8. The maximum absolute atomic E-state index is 6.03. The first-order valence-corrected chi connectivity index (χ1v) is 7.89. The molecule has 15 heavy (non-hydrogen) atoms. The van der Waals surface area contributed by atoms with E-state index in [-0.39, 0.29) is 14.7 Å². The molecule has 0 heterocycles. The molecule has 0 amide bonds. The molecule has 0 aliphatic heterocycles. The van der Waals surface area contributed by atoms with Crippen LogP contribution in [0.3, 0.4) is 0 Å². The monoisotopic (exact) mass is 232 g/mol. The molecular weight excluding hydrogens is 204 g/mol. The Bertz CT molecular complexity index is 160. The summed E-state index contributed by atoms with van der Waals surface area (Å²) in [5.41, 5.74) is 0. The van der Waals surface area contributed by atoms with Gasteiger partial charge >= 0.3 is 0 Å². The van der Waals surface area contributed by atoms with Gasteiger partial charge in [0.15, 0.2) is 0 Å². The van der Waals surface area contributed by atoms with Crippen LogP contribution in [-0.2, 0) is 9.47 Å². The van der Waals surface area contributed by atoms with Crippen LogP contribution < -0.4 is 0 Å². The molecule has 0 radical (unpaired) electrons. The number of hydrogen-bond donors (Lipinski definition) is 0. The van der Waals surface area contributed by atoms with Crippen LogP contribution in [0.4, 0.5) is 0 Å². The highest BCUT2D eigenvalue weighted by molar-refractivity contribution is 6.39. The largest absolute Gasteiger partial charge is 0.376 e. The van der Waals surface area contributed by atoms with Crippen LogP contribution in [0.15, 0.2) is 0 Å². The van der Waals surface area contributed by atoms with E-state index in [9.17, 15) is 0 Å². The fourth-order valence-electron chi connectivity index (χ4n) is 1.63. The second-order valence-electron chi connectivity index (χ2n) is 5.08. The summed E-state index contributed by atoms with van der Waals surface area (Å²) < 4.78 is 11.7. The first-order valence-electron chi connectivity index (χ1n) is 6.19. The number of rotatable bonds is 8. The minimum atomic E-state index is -0.204. The molecule has 0 aromatic rings. The molecule has 0 fully saturated rings. The molecule has 0 aliphatic carbocycles. The van der Waals surface area contributed by atoms with E-state index in [2.05, 4.69) is 41.5 Å². The van der Waals surface area contributed by atoms with Crippen molar-refractivity contribution in [2.75, 3.05) is 6.61 Å². The van der Waals surface area contributed by atoms with Crippen molar-refractivity contribution in [2.45, 2.75) is 71.4 Å². The van der Waals surface area contributed by atoms with Crippen molar-refractivity contribution in [1.82, 2.24) is 0 Å². The van der Waals surface area contributed by atoms with Crippen molar-refractivity contribution >= 4 is 9.52 Å². The van der Waals surface area contributed by atoms with E-state index in [1.54, 1.807) is 0 Å². The lowest BCUT2D eigenvalue weighted by molar-refractivity contribution is -0.0768. The van der Waals surface area contributed by atoms with Gasteiger partial charge in [0.2, 0.25) is 0 Å². The quantitative estimate of drug-likeness (QED) is 0.599. The maximum atomic E-state index is 6.03. The Kier molecular flexibility index (Phi) is 7.48. The lowest BCUT2D eigenvalue weighted by Crippen LogP contribution is -2.43. The summed E-state index contributed by atoms with van der Waals surface area (Å²) in [5, 5.41) is 0.0223. The molecular formula is C12H28O2Si. The van der Waals surface area contributed by atoms with E-state index in [4.69, 9.17) is 9.47 Å². The topological polar surface area (TPSA) is 18.5 Å². The van der Waals surface area contributed by atoms with Crippen molar-refractivity contribution < 1.29 is 9.47 Å². The van der Waals surface area contributed by atoms with Gasteiger partial charge in [0.05, 0.1) is 33.6 Å². The summed E-state index contributed by atoms with van der Waals surface area (Å²) in [6, 6.07) is 1.34. The predicted molar refractivity (Wildman–Crippen MR) is 69.4 cm³/mol. The van der Waals surface area contributed by atoms with Gasteiger partial charge in [-0.2, -0.15) is 0 Å². The second kappa shape index (κ2) is 7.42. The summed E-state index contributed by atoms with van der Waals surface area (Å²) in [4.78, 5) is 0. The van der Waals surface area contributed by atoms with Crippen LogP contribution in [-0.4, -0.2) is 33.6 Å². The van der Waals surface area contributed by atoms with Crippen LogP contribution in [0.1, 0.15) is 48.0 Å². The van der Waals surface area contributed by atoms with Crippen LogP contribution in [0.25, 0.3) is 0 Å². The van der Waals surface area contributed by atoms with Gasteiger partial charge in [-0.3, -0.25) is 0 Å².